The molecular formula is C11H17N3O3S. The van der Waals surface area contributed by atoms with Crippen LogP contribution >= 0.6 is 11.3 Å². The Kier molecular flexibility index (Phi) is 5.44. The van der Waals surface area contributed by atoms with Crippen LogP contribution in [0.1, 0.15) is 29.4 Å². The van der Waals surface area contributed by atoms with E-state index in [4.69, 9.17) is 15.7 Å². The molecule has 0 saturated heterocycles. The van der Waals surface area contributed by atoms with Crippen molar-refractivity contribution in [3.05, 3.63) is 16.3 Å². The lowest BCUT2D eigenvalue weighted by molar-refractivity contribution is 0.0946. The second kappa shape index (κ2) is 6.85. The van der Waals surface area contributed by atoms with Crippen LogP contribution in [0.15, 0.2) is 16.6 Å². The summed E-state index contributed by atoms with van der Waals surface area (Å²) in [5, 5.41) is 16.1. The highest BCUT2D eigenvalue weighted by Gasteiger charge is 2.20. The molecule has 1 unspecified atom stereocenters. The summed E-state index contributed by atoms with van der Waals surface area (Å²) < 4.78 is 5.07. The zero-order valence-electron chi connectivity index (χ0n) is 10.3. The molecule has 6 nitrogen and oxygen atoms in total. The summed E-state index contributed by atoms with van der Waals surface area (Å²) in [4.78, 5) is 12.5. The predicted octanol–water partition coefficient (Wildman–Crippen LogP) is 1.40. The first-order valence-electron chi connectivity index (χ1n) is 5.53. The van der Waals surface area contributed by atoms with Crippen molar-refractivity contribution in [3.63, 3.8) is 0 Å². The highest BCUT2D eigenvalue weighted by atomic mass is 32.1. The number of carbonyl (C=O) groups excluding carboxylic acids is 1. The molecule has 1 atom stereocenters. The normalized spacial score (nSPS) is 13.1. The maximum Gasteiger partial charge on any atom is 0.265 e. The highest BCUT2D eigenvalue weighted by molar-refractivity contribution is 7.12. The summed E-state index contributed by atoms with van der Waals surface area (Å²) in [5.41, 5.74) is 5.53. The van der Waals surface area contributed by atoms with Gasteiger partial charge in [0.2, 0.25) is 0 Å². The fraction of sp³-hybridized carbons (Fsp3) is 0.455. The first-order chi connectivity index (χ1) is 8.63. The predicted molar refractivity (Wildman–Crippen MR) is 70.4 cm³/mol. The molecule has 100 valence electrons. The Hall–Kier alpha value is -1.76. The number of nitrogens with one attached hydrogen (secondary N) is 1. The van der Waals surface area contributed by atoms with Crippen LogP contribution in [-0.4, -0.2) is 30.1 Å². The Morgan fingerprint density at radius 3 is 3.00 bits per heavy atom. The van der Waals surface area contributed by atoms with Gasteiger partial charge in [-0.3, -0.25) is 4.79 Å². The molecule has 0 bridgehead atoms. The van der Waals surface area contributed by atoms with Crippen molar-refractivity contribution >= 4 is 23.1 Å². The number of thiophene rings is 1. The molecule has 0 spiro atoms. The fourth-order valence-corrected chi connectivity index (χ4v) is 2.26. The van der Waals surface area contributed by atoms with Crippen molar-refractivity contribution in [2.45, 2.75) is 25.8 Å². The van der Waals surface area contributed by atoms with Crippen LogP contribution < -0.4 is 15.8 Å². The van der Waals surface area contributed by atoms with Gasteiger partial charge in [0.05, 0.1) is 13.2 Å². The minimum absolute atomic E-state index is 0.000669. The average molecular weight is 271 g/mol. The van der Waals surface area contributed by atoms with Gasteiger partial charge in [0.15, 0.2) is 5.84 Å². The van der Waals surface area contributed by atoms with Gasteiger partial charge in [-0.1, -0.05) is 18.5 Å². The molecule has 7 heteroatoms. The number of hydrogen-bond donors (Lipinski definition) is 3. The van der Waals surface area contributed by atoms with Crippen molar-refractivity contribution in [2.75, 3.05) is 7.11 Å². The van der Waals surface area contributed by atoms with Gasteiger partial charge in [-0.2, -0.15) is 0 Å². The quantitative estimate of drug-likeness (QED) is 0.315. The summed E-state index contributed by atoms with van der Waals surface area (Å²) in [6, 6.07) is 1.25. The zero-order valence-corrected chi connectivity index (χ0v) is 11.2. The van der Waals surface area contributed by atoms with E-state index in [-0.39, 0.29) is 11.7 Å². The van der Waals surface area contributed by atoms with E-state index in [1.165, 1.54) is 18.4 Å². The number of nitrogens with zero attached hydrogens (tertiary/aromatic N) is 1. The summed E-state index contributed by atoms with van der Waals surface area (Å²) in [6.07, 6.45) is 1.41. The third-order valence-electron chi connectivity index (χ3n) is 2.41. The molecule has 0 aliphatic carbocycles. The molecule has 18 heavy (non-hydrogen) atoms. The number of oxime groups is 1. The Morgan fingerprint density at radius 1 is 1.72 bits per heavy atom. The smallest absolute Gasteiger partial charge is 0.265 e. The first kappa shape index (κ1) is 14.3. The van der Waals surface area contributed by atoms with Gasteiger partial charge in [-0.05, 0) is 17.9 Å². The van der Waals surface area contributed by atoms with Gasteiger partial charge in [-0.15, -0.1) is 11.3 Å². The van der Waals surface area contributed by atoms with E-state index in [2.05, 4.69) is 10.5 Å². The molecule has 1 amide bonds. The van der Waals surface area contributed by atoms with Crippen LogP contribution in [0.2, 0.25) is 0 Å². The third-order valence-corrected chi connectivity index (χ3v) is 3.30. The van der Waals surface area contributed by atoms with Crippen LogP contribution in [-0.2, 0) is 0 Å². The number of methoxy groups -OCH3 is 1. The number of amidine groups is 1. The SMILES string of the molecule is CCCC(NC(=O)c1sccc1OC)/C(N)=N/O. The highest BCUT2D eigenvalue weighted by Crippen LogP contribution is 2.24. The maximum absolute atomic E-state index is 12.0. The molecule has 0 radical (unpaired) electrons. The first-order valence-corrected chi connectivity index (χ1v) is 6.41. The van der Waals surface area contributed by atoms with Gasteiger partial charge < -0.3 is 21.0 Å². The van der Waals surface area contributed by atoms with Gasteiger partial charge in [0.25, 0.3) is 5.91 Å². The minimum Gasteiger partial charge on any atom is -0.495 e. The molecular weight excluding hydrogens is 254 g/mol. The molecule has 1 heterocycles. The molecule has 0 fully saturated rings. The molecule has 1 aromatic heterocycles. The summed E-state index contributed by atoms with van der Waals surface area (Å²) in [5.74, 6) is 0.236. The van der Waals surface area contributed by atoms with E-state index >= 15 is 0 Å². The van der Waals surface area contributed by atoms with E-state index in [1.807, 2.05) is 6.92 Å². The summed E-state index contributed by atoms with van der Waals surface area (Å²) in [7, 11) is 1.51. The second-order valence-corrected chi connectivity index (χ2v) is 4.57. The standard InChI is InChI=1S/C11H17N3O3S/c1-3-4-7(10(12)14-16)13-11(15)9-8(17-2)5-6-18-9/h5-7,16H,3-4H2,1-2H3,(H2,12,14)(H,13,15). The van der Waals surface area contributed by atoms with Crippen LogP contribution in [0.25, 0.3) is 0 Å². The van der Waals surface area contributed by atoms with E-state index < -0.39 is 6.04 Å². The number of amides is 1. The molecule has 0 aliphatic rings. The Balaban J connectivity index is 2.78. The lowest BCUT2D eigenvalue weighted by Crippen LogP contribution is -2.44. The van der Waals surface area contributed by atoms with E-state index in [0.29, 0.717) is 17.0 Å². The Morgan fingerprint density at radius 2 is 2.44 bits per heavy atom. The van der Waals surface area contributed by atoms with Crippen LogP contribution in [0.4, 0.5) is 0 Å². The number of ether oxygens (including phenoxy) is 1. The number of carbonyl (C=O) groups is 1. The van der Waals surface area contributed by atoms with E-state index in [9.17, 15) is 4.79 Å². The third kappa shape index (κ3) is 3.36. The average Bonchev–Trinajstić information content (AvgIpc) is 2.85. The lowest BCUT2D eigenvalue weighted by Gasteiger charge is -2.16. The summed E-state index contributed by atoms with van der Waals surface area (Å²) >= 11 is 1.28. The number of rotatable bonds is 6. The van der Waals surface area contributed by atoms with E-state index in [1.54, 1.807) is 11.4 Å². The molecule has 1 aromatic rings. The van der Waals surface area contributed by atoms with Crippen LogP contribution in [0, 0.1) is 0 Å². The topological polar surface area (TPSA) is 96.9 Å². The largest absolute Gasteiger partial charge is 0.495 e. The zero-order chi connectivity index (χ0) is 13.5. The van der Waals surface area contributed by atoms with Crippen molar-refractivity contribution in [1.29, 1.82) is 0 Å². The summed E-state index contributed by atoms with van der Waals surface area (Å²) in [6.45, 7) is 1.95. The van der Waals surface area contributed by atoms with Crippen LogP contribution in [0.5, 0.6) is 5.75 Å². The van der Waals surface area contributed by atoms with Gasteiger partial charge >= 0.3 is 0 Å². The van der Waals surface area contributed by atoms with Gasteiger partial charge in [0.1, 0.15) is 10.6 Å². The number of nitrogens with two attached hydrogens (primary N) is 1. The molecule has 0 saturated carbocycles. The maximum atomic E-state index is 12.0. The fourth-order valence-electron chi connectivity index (χ4n) is 1.50. The monoisotopic (exact) mass is 271 g/mol. The Bertz CT molecular complexity index is 431. The Labute approximate surface area is 109 Å². The molecule has 0 aliphatic heterocycles. The minimum atomic E-state index is -0.473. The molecule has 0 aromatic carbocycles. The second-order valence-electron chi connectivity index (χ2n) is 3.66. The van der Waals surface area contributed by atoms with Crippen molar-refractivity contribution in [1.82, 2.24) is 5.32 Å². The molecule has 4 N–H and O–H groups in total. The van der Waals surface area contributed by atoms with Crippen molar-refractivity contribution in [3.8, 4) is 5.75 Å². The van der Waals surface area contributed by atoms with E-state index in [0.717, 1.165) is 6.42 Å². The van der Waals surface area contributed by atoms with Crippen molar-refractivity contribution in [2.24, 2.45) is 10.9 Å². The number of hydrogen-bond acceptors (Lipinski definition) is 5. The van der Waals surface area contributed by atoms with Gasteiger partial charge in [-0.25, -0.2) is 0 Å². The van der Waals surface area contributed by atoms with Crippen LogP contribution in [0.3, 0.4) is 0 Å². The lowest BCUT2D eigenvalue weighted by atomic mass is 10.1. The van der Waals surface area contributed by atoms with Gasteiger partial charge in [0, 0.05) is 0 Å². The molecule has 1 rings (SSSR count). The van der Waals surface area contributed by atoms with Crippen molar-refractivity contribution < 1.29 is 14.7 Å².